The second-order valence-corrected chi connectivity index (χ2v) is 3.96. The average molecular weight is 248 g/mol. The number of carbonyl (C=O) groups is 2. The molecule has 6 heteroatoms. The van der Waals surface area contributed by atoms with Gasteiger partial charge in [0.15, 0.2) is 6.04 Å². The van der Waals surface area contributed by atoms with Gasteiger partial charge >= 0.3 is 11.9 Å². The molecule has 0 aromatic heterocycles. The summed E-state index contributed by atoms with van der Waals surface area (Å²) in [5, 5.41) is 17.9. The molecule has 0 radical (unpaired) electrons. The molecule has 1 heterocycles. The van der Waals surface area contributed by atoms with E-state index >= 15 is 0 Å². The Kier molecular flexibility index (Phi) is 3.27. The van der Waals surface area contributed by atoms with E-state index in [-0.39, 0.29) is 6.42 Å². The molecular formula is C12H12N2O4. The molecule has 0 spiro atoms. The van der Waals surface area contributed by atoms with Gasteiger partial charge in [-0.1, -0.05) is 18.2 Å². The van der Waals surface area contributed by atoms with Crippen LogP contribution in [-0.4, -0.2) is 40.6 Å². The maximum atomic E-state index is 11.0. The molecule has 0 amide bonds. The molecular weight excluding hydrogens is 236 g/mol. The molecule has 1 aliphatic rings. The summed E-state index contributed by atoms with van der Waals surface area (Å²) in [5.41, 5.74) is 0.733. The molecule has 0 bridgehead atoms. The highest BCUT2D eigenvalue weighted by atomic mass is 16.4. The summed E-state index contributed by atoms with van der Waals surface area (Å²) in [6, 6.07) is 7.27. The molecule has 0 aliphatic carbocycles. The largest absolute Gasteiger partial charge is 0.481 e. The van der Waals surface area contributed by atoms with Crippen LogP contribution in [0.15, 0.2) is 35.3 Å². The monoisotopic (exact) mass is 248 g/mol. The Bertz CT molecular complexity index is 486. The molecule has 0 saturated heterocycles. The highest BCUT2D eigenvalue weighted by Gasteiger charge is 2.37. The van der Waals surface area contributed by atoms with Crippen molar-refractivity contribution in [3.8, 4) is 0 Å². The summed E-state index contributed by atoms with van der Waals surface area (Å²) in [4.78, 5) is 27.3. The van der Waals surface area contributed by atoms with E-state index in [1.807, 2.05) is 6.07 Å². The lowest BCUT2D eigenvalue weighted by molar-refractivity contribution is -0.140. The number of carboxylic acid groups (broad SMARTS) is 2. The summed E-state index contributed by atoms with van der Waals surface area (Å²) in [5.74, 6) is -2.16. The van der Waals surface area contributed by atoms with Crippen molar-refractivity contribution in [3.63, 3.8) is 0 Å². The van der Waals surface area contributed by atoms with Crippen LogP contribution in [0, 0.1) is 0 Å². The molecule has 0 fully saturated rings. The molecule has 2 rings (SSSR count). The van der Waals surface area contributed by atoms with Crippen LogP contribution >= 0.6 is 0 Å². The maximum absolute atomic E-state index is 11.0. The number of nitrogens with zero attached hydrogens (tertiary/aromatic N) is 2. The smallest absolute Gasteiger partial charge is 0.330 e. The minimum atomic E-state index is -1.11. The van der Waals surface area contributed by atoms with Crippen LogP contribution in [-0.2, 0) is 9.59 Å². The minimum absolute atomic E-state index is 0.272. The zero-order valence-electron chi connectivity index (χ0n) is 9.43. The number of anilines is 1. The van der Waals surface area contributed by atoms with Gasteiger partial charge in [0.1, 0.15) is 0 Å². The molecule has 0 unspecified atom stereocenters. The third kappa shape index (κ3) is 2.32. The van der Waals surface area contributed by atoms with Crippen molar-refractivity contribution >= 4 is 24.0 Å². The maximum Gasteiger partial charge on any atom is 0.330 e. The molecule has 2 atom stereocenters. The Morgan fingerprint density at radius 2 is 1.89 bits per heavy atom. The Morgan fingerprint density at radius 1 is 1.22 bits per heavy atom. The molecule has 18 heavy (non-hydrogen) atoms. The van der Waals surface area contributed by atoms with Crippen LogP contribution in [0.4, 0.5) is 5.69 Å². The predicted octanol–water partition coefficient (Wildman–Crippen LogP) is 0.831. The molecule has 94 valence electrons. The van der Waals surface area contributed by atoms with Gasteiger partial charge in [0.2, 0.25) is 0 Å². The summed E-state index contributed by atoms with van der Waals surface area (Å²) < 4.78 is 0. The standard InChI is InChI=1S/C12H12N2O4/c15-10(16)6-9-11(12(17)18)13-7-14(9)8-4-2-1-3-5-8/h1-5,7,9,11H,6H2,(H,15,16)(H,17,18)/t9-,11+/m0/s1. The van der Waals surface area contributed by atoms with Gasteiger partial charge in [-0.2, -0.15) is 0 Å². The Hall–Kier alpha value is -2.37. The highest BCUT2D eigenvalue weighted by molar-refractivity contribution is 5.91. The quantitative estimate of drug-likeness (QED) is 0.823. The van der Waals surface area contributed by atoms with E-state index in [2.05, 4.69) is 4.99 Å². The molecule has 2 N–H and O–H groups in total. The van der Waals surface area contributed by atoms with Crippen molar-refractivity contribution in [1.82, 2.24) is 0 Å². The number of aliphatic imine (C=N–C) groups is 1. The number of para-hydroxylation sites is 1. The van der Waals surface area contributed by atoms with Crippen LogP contribution in [0.5, 0.6) is 0 Å². The van der Waals surface area contributed by atoms with E-state index in [4.69, 9.17) is 10.2 Å². The molecule has 1 aromatic carbocycles. The second kappa shape index (κ2) is 4.87. The van der Waals surface area contributed by atoms with Crippen molar-refractivity contribution in [2.45, 2.75) is 18.5 Å². The van der Waals surface area contributed by atoms with Crippen molar-refractivity contribution in [2.24, 2.45) is 4.99 Å². The predicted molar refractivity (Wildman–Crippen MR) is 64.9 cm³/mol. The van der Waals surface area contributed by atoms with Gasteiger partial charge in [0.05, 0.1) is 18.8 Å². The van der Waals surface area contributed by atoms with E-state index in [1.54, 1.807) is 29.2 Å². The van der Waals surface area contributed by atoms with Crippen LogP contribution in [0.25, 0.3) is 0 Å². The summed E-state index contributed by atoms with van der Waals surface area (Å²) >= 11 is 0. The highest BCUT2D eigenvalue weighted by Crippen LogP contribution is 2.24. The van der Waals surface area contributed by atoms with Crippen LogP contribution in [0.1, 0.15) is 6.42 Å². The molecule has 1 aliphatic heterocycles. The number of rotatable bonds is 4. The summed E-state index contributed by atoms with van der Waals surface area (Å²) in [6.07, 6.45) is 1.12. The number of aliphatic carboxylic acids is 2. The van der Waals surface area contributed by atoms with E-state index < -0.39 is 24.0 Å². The number of hydrogen-bond donors (Lipinski definition) is 2. The minimum Gasteiger partial charge on any atom is -0.481 e. The van der Waals surface area contributed by atoms with Crippen molar-refractivity contribution in [1.29, 1.82) is 0 Å². The Morgan fingerprint density at radius 3 is 2.44 bits per heavy atom. The van der Waals surface area contributed by atoms with Crippen molar-refractivity contribution in [2.75, 3.05) is 4.90 Å². The van der Waals surface area contributed by atoms with Crippen molar-refractivity contribution < 1.29 is 19.8 Å². The van der Waals surface area contributed by atoms with Gasteiger partial charge in [-0.05, 0) is 12.1 Å². The van der Waals surface area contributed by atoms with E-state index in [0.717, 1.165) is 5.69 Å². The Balaban J connectivity index is 2.27. The zero-order valence-corrected chi connectivity index (χ0v) is 9.43. The van der Waals surface area contributed by atoms with Crippen LogP contribution in [0.2, 0.25) is 0 Å². The van der Waals surface area contributed by atoms with Crippen LogP contribution < -0.4 is 4.90 Å². The fourth-order valence-electron chi connectivity index (χ4n) is 1.96. The van der Waals surface area contributed by atoms with Gasteiger partial charge < -0.3 is 15.1 Å². The number of benzene rings is 1. The first kappa shape index (κ1) is 12.1. The van der Waals surface area contributed by atoms with E-state index in [0.29, 0.717) is 0 Å². The molecule has 0 saturated carbocycles. The first-order valence-corrected chi connectivity index (χ1v) is 5.41. The van der Waals surface area contributed by atoms with Crippen LogP contribution in [0.3, 0.4) is 0 Å². The second-order valence-electron chi connectivity index (χ2n) is 3.96. The first-order valence-electron chi connectivity index (χ1n) is 5.41. The first-order chi connectivity index (χ1) is 8.59. The zero-order chi connectivity index (χ0) is 13.1. The Labute approximate surface area is 103 Å². The summed E-state index contributed by atoms with van der Waals surface area (Å²) in [6.45, 7) is 0. The van der Waals surface area contributed by atoms with Gasteiger partial charge in [0, 0.05) is 5.69 Å². The van der Waals surface area contributed by atoms with Crippen molar-refractivity contribution in [3.05, 3.63) is 30.3 Å². The van der Waals surface area contributed by atoms with Gasteiger partial charge in [-0.25, -0.2) is 4.79 Å². The third-order valence-electron chi connectivity index (χ3n) is 2.76. The molecule has 1 aromatic rings. The fraction of sp³-hybridized carbons (Fsp3) is 0.250. The van der Waals surface area contributed by atoms with Gasteiger partial charge in [0.25, 0.3) is 0 Å². The van der Waals surface area contributed by atoms with E-state index in [1.165, 1.54) is 6.34 Å². The normalized spacial score (nSPS) is 22.1. The summed E-state index contributed by atoms with van der Waals surface area (Å²) in [7, 11) is 0. The fourth-order valence-corrected chi connectivity index (χ4v) is 1.96. The number of hydrogen-bond acceptors (Lipinski definition) is 4. The number of carboxylic acids is 2. The SMILES string of the molecule is O=C(O)C[C@H]1[C@H](C(=O)O)N=CN1c1ccccc1. The lowest BCUT2D eigenvalue weighted by Gasteiger charge is -2.25. The van der Waals surface area contributed by atoms with Gasteiger partial charge in [-0.15, -0.1) is 0 Å². The topological polar surface area (TPSA) is 90.2 Å². The van der Waals surface area contributed by atoms with Gasteiger partial charge in [-0.3, -0.25) is 9.79 Å². The lowest BCUT2D eigenvalue weighted by atomic mass is 10.0. The third-order valence-corrected chi connectivity index (χ3v) is 2.76. The average Bonchev–Trinajstić information content (AvgIpc) is 2.73. The molecule has 6 nitrogen and oxygen atoms in total. The van der Waals surface area contributed by atoms with E-state index in [9.17, 15) is 9.59 Å². The lowest BCUT2D eigenvalue weighted by Crippen LogP contribution is -2.41.